The van der Waals surface area contributed by atoms with Crippen molar-refractivity contribution < 1.29 is 8.42 Å². The molecule has 1 fully saturated rings. The summed E-state index contributed by atoms with van der Waals surface area (Å²) in [4.78, 5) is 0.298. The lowest BCUT2D eigenvalue weighted by Gasteiger charge is -2.30. The summed E-state index contributed by atoms with van der Waals surface area (Å²) in [6, 6.07) is 4.56. The summed E-state index contributed by atoms with van der Waals surface area (Å²) in [5.74, 6) is 0. The van der Waals surface area contributed by atoms with Gasteiger partial charge in [0.05, 0.1) is 5.02 Å². The molecule has 1 aliphatic rings. The Balaban J connectivity index is 2.48. The molecule has 0 bridgehead atoms. The molecule has 4 nitrogen and oxygen atoms in total. The molecule has 0 radical (unpaired) electrons. The van der Waals surface area contributed by atoms with Crippen LogP contribution in [-0.2, 0) is 10.0 Å². The summed E-state index contributed by atoms with van der Waals surface area (Å²) < 4.78 is 27.0. The predicted octanol–water partition coefficient (Wildman–Crippen LogP) is 2.54. The summed E-state index contributed by atoms with van der Waals surface area (Å²) in [5.41, 5.74) is 5.69. The normalized spacial score (nSPS) is 19.1. The van der Waals surface area contributed by atoms with E-state index in [-0.39, 0.29) is 20.4 Å². The number of hydrogen-bond donors (Lipinski definition) is 1. The number of nitrogens with zero attached hydrogens (tertiary/aromatic N) is 1. The van der Waals surface area contributed by atoms with Crippen molar-refractivity contribution in [1.82, 2.24) is 4.31 Å². The molecule has 7 heteroatoms. The van der Waals surface area contributed by atoms with Crippen LogP contribution in [0.5, 0.6) is 0 Å². The molecule has 2 rings (SSSR count). The van der Waals surface area contributed by atoms with E-state index in [9.17, 15) is 8.42 Å². The minimum absolute atomic E-state index is 0.106. The topological polar surface area (TPSA) is 63.4 Å². The summed E-state index contributed by atoms with van der Waals surface area (Å²) in [7, 11) is -3.60. The zero-order valence-electron chi connectivity index (χ0n) is 11.4. The van der Waals surface area contributed by atoms with Crippen LogP contribution >= 0.6 is 23.8 Å². The lowest BCUT2D eigenvalue weighted by atomic mass is 10.0. The molecule has 1 aliphatic heterocycles. The highest BCUT2D eigenvalue weighted by atomic mass is 35.5. The number of nitrogens with two attached hydrogens (primary N) is 1. The van der Waals surface area contributed by atoms with Crippen molar-refractivity contribution >= 4 is 38.8 Å². The van der Waals surface area contributed by atoms with E-state index < -0.39 is 10.0 Å². The summed E-state index contributed by atoms with van der Waals surface area (Å²) in [6.07, 6.45) is 1.70. The number of rotatable bonds is 3. The zero-order valence-corrected chi connectivity index (χ0v) is 13.8. The SMILES string of the molecule is CC1(C)CCCN1S(=O)(=O)c1ccc(C(N)=S)cc1Cl. The molecule has 2 N–H and O–H groups in total. The summed E-state index contributed by atoms with van der Waals surface area (Å²) in [6.45, 7) is 4.37. The average molecular weight is 333 g/mol. The smallest absolute Gasteiger partial charge is 0.245 e. The molecule has 1 aromatic rings. The van der Waals surface area contributed by atoms with E-state index in [1.807, 2.05) is 13.8 Å². The van der Waals surface area contributed by atoms with E-state index in [0.29, 0.717) is 12.1 Å². The Bertz CT molecular complexity index is 656. The first-order chi connectivity index (χ1) is 9.16. The van der Waals surface area contributed by atoms with Gasteiger partial charge in [0.15, 0.2) is 0 Å². The quantitative estimate of drug-likeness (QED) is 0.864. The van der Waals surface area contributed by atoms with Crippen molar-refractivity contribution in [2.24, 2.45) is 5.73 Å². The van der Waals surface area contributed by atoms with Gasteiger partial charge in [0.1, 0.15) is 9.88 Å². The van der Waals surface area contributed by atoms with Gasteiger partial charge >= 0.3 is 0 Å². The van der Waals surface area contributed by atoms with Crippen LogP contribution in [0.1, 0.15) is 32.3 Å². The molecule has 0 atom stereocenters. The van der Waals surface area contributed by atoms with Gasteiger partial charge in [-0.05, 0) is 38.8 Å². The van der Waals surface area contributed by atoms with Gasteiger partial charge in [-0.25, -0.2) is 8.42 Å². The Morgan fingerprint density at radius 3 is 2.55 bits per heavy atom. The molecule has 0 aliphatic carbocycles. The maximum Gasteiger partial charge on any atom is 0.245 e. The molecular weight excluding hydrogens is 316 g/mol. The Morgan fingerprint density at radius 2 is 2.10 bits per heavy atom. The maximum absolute atomic E-state index is 12.7. The van der Waals surface area contributed by atoms with Crippen molar-refractivity contribution in [2.75, 3.05) is 6.54 Å². The van der Waals surface area contributed by atoms with Gasteiger partial charge in [-0.2, -0.15) is 4.31 Å². The van der Waals surface area contributed by atoms with E-state index in [4.69, 9.17) is 29.6 Å². The van der Waals surface area contributed by atoms with Crippen LogP contribution in [0.4, 0.5) is 0 Å². The van der Waals surface area contributed by atoms with Crippen LogP contribution in [0.2, 0.25) is 5.02 Å². The molecule has 1 heterocycles. The second kappa shape index (κ2) is 5.26. The third kappa shape index (κ3) is 2.70. The molecule has 20 heavy (non-hydrogen) atoms. The first-order valence-corrected chi connectivity index (χ1v) is 8.51. The first-order valence-electron chi connectivity index (χ1n) is 6.28. The summed E-state index contributed by atoms with van der Waals surface area (Å²) in [5, 5.41) is 0.151. The van der Waals surface area contributed by atoms with Gasteiger partial charge in [0, 0.05) is 17.6 Å². The molecule has 110 valence electrons. The van der Waals surface area contributed by atoms with Gasteiger partial charge in [0.25, 0.3) is 0 Å². The fourth-order valence-electron chi connectivity index (χ4n) is 2.51. The fraction of sp³-hybridized carbons (Fsp3) is 0.462. The lowest BCUT2D eigenvalue weighted by Crippen LogP contribution is -2.42. The first kappa shape index (κ1) is 15.7. The van der Waals surface area contributed by atoms with E-state index in [1.165, 1.54) is 16.4 Å². The minimum atomic E-state index is -3.60. The molecule has 0 aromatic heterocycles. The number of hydrogen-bond acceptors (Lipinski definition) is 3. The molecule has 0 unspecified atom stereocenters. The standard InChI is InChI=1S/C13H17ClN2O2S2/c1-13(2)6-3-7-16(13)20(17,18)11-5-4-9(12(15)19)8-10(11)14/h4-5,8H,3,6-7H2,1-2H3,(H2,15,19). The second-order valence-electron chi connectivity index (χ2n) is 5.50. The van der Waals surface area contributed by atoms with Gasteiger partial charge in [-0.15, -0.1) is 0 Å². The number of sulfonamides is 1. The Morgan fingerprint density at radius 1 is 1.45 bits per heavy atom. The van der Waals surface area contributed by atoms with Crippen LogP contribution in [0, 0.1) is 0 Å². The van der Waals surface area contributed by atoms with Crippen molar-refractivity contribution in [1.29, 1.82) is 0 Å². The Labute approximate surface area is 130 Å². The van der Waals surface area contributed by atoms with Gasteiger partial charge in [-0.3, -0.25) is 0 Å². The van der Waals surface area contributed by atoms with Crippen LogP contribution in [0.3, 0.4) is 0 Å². The molecule has 0 spiro atoms. The van der Waals surface area contributed by atoms with Crippen LogP contribution in [0.15, 0.2) is 23.1 Å². The number of benzene rings is 1. The highest BCUT2D eigenvalue weighted by Crippen LogP contribution is 2.36. The minimum Gasteiger partial charge on any atom is -0.389 e. The zero-order chi connectivity index (χ0) is 15.1. The third-order valence-electron chi connectivity index (χ3n) is 3.61. The van der Waals surface area contributed by atoms with Gasteiger partial charge in [0.2, 0.25) is 10.0 Å². The largest absolute Gasteiger partial charge is 0.389 e. The average Bonchev–Trinajstić information content (AvgIpc) is 2.69. The van der Waals surface area contributed by atoms with Gasteiger partial charge in [-0.1, -0.05) is 29.9 Å². The molecular formula is C13H17ClN2O2S2. The van der Waals surface area contributed by atoms with Crippen LogP contribution < -0.4 is 5.73 Å². The van der Waals surface area contributed by atoms with Crippen molar-refractivity contribution in [3.8, 4) is 0 Å². The van der Waals surface area contributed by atoms with E-state index in [1.54, 1.807) is 6.07 Å². The second-order valence-corrected chi connectivity index (χ2v) is 8.18. The molecule has 1 saturated heterocycles. The predicted molar refractivity (Wildman–Crippen MR) is 84.5 cm³/mol. The molecule has 1 aromatic carbocycles. The van der Waals surface area contributed by atoms with Crippen molar-refractivity contribution in [2.45, 2.75) is 37.1 Å². The summed E-state index contributed by atoms with van der Waals surface area (Å²) >= 11 is 11.0. The van der Waals surface area contributed by atoms with Crippen molar-refractivity contribution in [3.63, 3.8) is 0 Å². The Kier molecular flexibility index (Phi) is 4.12. The maximum atomic E-state index is 12.7. The molecule has 0 saturated carbocycles. The third-order valence-corrected chi connectivity index (χ3v) is 6.44. The highest BCUT2D eigenvalue weighted by Gasteiger charge is 2.41. The lowest BCUT2D eigenvalue weighted by molar-refractivity contribution is 0.292. The molecule has 0 amide bonds. The van der Waals surface area contributed by atoms with Crippen molar-refractivity contribution in [3.05, 3.63) is 28.8 Å². The Hall–Kier alpha value is -0.690. The van der Waals surface area contributed by atoms with E-state index >= 15 is 0 Å². The number of thiocarbonyl (C=S) groups is 1. The fourth-order valence-corrected chi connectivity index (χ4v) is 5.00. The van der Waals surface area contributed by atoms with E-state index in [2.05, 4.69) is 0 Å². The highest BCUT2D eigenvalue weighted by molar-refractivity contribution is 7.89. The number of halogens is 1. The van der Waals surface area contributed by atoms with Gasteiger partial charge < -0.3 is 5.73 Å². The van der Waals surface area contributed by atoms with E-state index in [0.717, 1.165) is 12.8 Å². The monoisotopic (exact) mass is 332 g/mol. The van der Waals surface area contributed by atoms with Crippen LogP contribution in [0.25, 0.3) is 0 Å². The van der Waals surface area contributed by atoms with Crippen LogP contribution in [-0.4, -0.2) is 29.8 Å².